The largest absolute Gasteiger partial charge is 0.508 e. The molecule has 1 fully saturated rings. The number of benzene rings is 1. The van der Waals surface area contributed by atoms with Gasteiger partial charge in [0.2, 0.25) is 29.5 Å². The van der Waals surface area contributed by atoms with E-state index in [0.29, 0.717) is 30.2 Å². The second-order valence-electron chi connectivity index (χ2n) is 14.6. The lowest BCUT2D eigenvalue weighted by Crippen LogP contribution is -2.60. The van der Waals surface area contributed by atoms with Crippen molar-refractivity contribution < 1.29 is 39.0 Å². The molecule has 0 saturated carbocycles. The molecule has 1 aromatic rings. The van der Waals surface area contributed by atoms with Gasteiger partial charge in [-0.2, -0.15) is 0 Å². The number of guanidine groups is 1. The van der Waals surface area contributed by atoms with Gasteiger partial charge in [-0.25, -0.2) is 4.79 Å². The molecule has 0 bridgehead atoms. The highest BCUT2D eigenvalue weighted by molar-refractivity contribution is 9.09. The molecule has 0 aromatic heterocycles. The van der Waals surface area contributed by atoms with Crippen molar-refractivity contribution in [2.24, 2.45) is 33.4 Å². The van der Waals surface area contributed by atoms with Gasteiger partial charge in [0.1, 0.15) is 42.0 Å². The average Bonchev–Trinajstić information content (AvgIpc) is 3.66. The van der Waals surface area contributed by atoms with Gasteiger partial charge < -0.3 is 47.8 Å². The maximum Gasteiger partial charge on any atom is 0.326 e. The molecule has 0 spiro atoms. The lowest BCUT2D eigenvalue weighted by Gasteiger charge is -2.31. The van der Waals surface area contributed by atoms with Crippen LogP contribution >= 0.6 is 15.9 Å². The van der Waals surface area contributed by atoms with E-state index in [4.69, 9.17) is 17.0 Å². The second kappa shape index (κ2) is 24.5. The standard InChI is InChI=1S/C37H58BrN11O8/c1-5-22(4)30(34(54)45-28(36(56)57)19-21(2)3)46-32(52)27(20-23-12-14-24(50)15-13-23)44-33(53)29-11-8-18-49(29)35(55)26(10-7-17-42-37(39)40)43-31(51)25(47-48-41)9-6-16-38/h12-15,21-22,25-30,50H,5-11,16-20H2,1-4H3,(H,43,51)(H,44,53)(H,45,54)(H,46,52)(H,56,57)(H4,39,40,42)/t22-,25?,26+,27+,28+,29+,30+/m0/s1. The zero-order valence-electron chi connectivity index (χ0n) is 33.0. The van der Waals surface area contributed by atoms with E-state index >= 15 is 0 Å². The summed E-state index contributed by atoms with van der Waals surface area (Å²) in [4.78, 5) is 89.1. The van der Waals surface area contributed by atoms with Gasteiger partial charge in [-0.1, -0.05) is 67.3 Å². The summed E-state index contributed by atoms with van der Waals surface area (Å²) in [5.74, 6) is -5.10. The Morgan fingerprint density at radius 1 is 0.947 bits per heavy atom. The first-order valence-electron chi connectivity index (χ1n) is 19.2. The number of phenols is 1. The van der Waals surface area contributed by atoms with E-state index in [9.17, 15) is 39.0 Å². The first-order chi connectivity index (χ1) is 27.0. The second-order valence-corrected chi connectivity index (χ2v) is 15.4. The molecule has 1 heterocycles. The molecule has 316 valence electrons. The van der Waals surface area contributed by atoms with E-state index in [1.807, 2.05) is 20.8 Å². The summed E-state index contributed by atoms with van der Waals surface area (Å²) < 4.78 is 0. The Kier molecular flexibility index (Phi) is 20.7. The van der Waals surface area contributed by atoms with E-state index in [1.165, 1.54) is 17.0 Å². The predicted octanol–water partition coefficient (Wildman–Crippen LogP) is 1.95. The van der Waals surface area contributed by atoms with Gasteiger partial charge in [0, 0.05) is 29.8 Å². The molecule has 1 aromatic carbocycles. The smallest absolute Gasteiger partial charge is 0.326 e. The number of nitrogens with two attached hydrogens (primary N) is 2. The number of phenolic OH excluding ortho intramolecular Hbond substituents is 1. The van der Waals surface area contributed by atoms with Crippen molar-refractivity contribution in [2.45, 2.75) is 122 Å². The number of amides is 5. The van der Waals surface area contributed by atoms with Crippen molar-refractivity contribution in [1.29, 1.82) is 0 Å². The minimum atomic E-state index is -1.26. The van der Waals surface area contributed by atoms with Crippen LogP contribution < -0.4 is 32.7 Å². The number of alkyl halides is 1. The van der Waals surface area contributed by atoms with Crippen molar-refractivity contribution in [3.8, 4) is 5.75 Å². The molecule has 5 amide bonds. The molecule has 1 aliphatic heterocycles. The lowest BCUT2D eigenvalue weighted by molar-refractivity contribution is -0.143. The zero-order chi connectivity index (χ0) is 42.7. The fourth-order valence-electron chi connectivity index (χ4n) is 6.36. The number of rotatable bonds is 24. The number of hydrogen-bond acceptors (Lipinski definition) is 9. The fourth-order valence-corrected chi connectivity index (χ4v) is 6.69. The number of aliphatic carboxylic acids is 1. The van der Waals surface area contributed by atoms with Gasteiger partial charge in [-0.05, 0) is 80.0 Å². The molecule has 7 atom stereocenters. The third-order valence-corrected chi connectivity index (χ3v) is 10.2. The molecular formula is C37H58BrN11O8. The lowest BCUT2D eigenvalue weighted by atomic mass is 9.96. The third kappa shape index (κ3) is 16.1. The number of carbonyl (C=O) groups excluding carboxylic acids is 5. The topological polar surface area (TPSA) is 307 Å². The van der Waals surface area contributed by atoms with Crippen LogP contribution in [0, 0.1) is 11.8 Å². The highest BCUT2D eigenvalue weighted by Crippen LogP contribution is 2.21. The molecule has 1 saturated heterocycles. The van der Waals surface area contributed by atoms with Crippen LogP contribution in [0.4, 0.5) is 0 Å². The van der Waals surface area contributed by atoms with E-state index in [0.717, 1.165) is 0 Å². The molecule has 0 radical (unpaired) electrons. The van der Waals surface area contributed by atoms with E-state index < -0.39 is 77.7 Å². The minimum absolute atomic E-state index is 0.0133. The summed E-state index contributed by atoms with van der Waals surface area (Å²) in [7, 11) is 0. The minimum Gasteiger partial charge on any atom is -0.508 e. The fraction of sp³-hybridized carbons (Fsp3) is 0.649. The Balaban J connectivity index is 2.41. The van der Waals surface area contributed by atoms with Crippen LogP contribution in [0.3, 0.4) is 0 Å². The number of azide groups is 1. The van der Waals surface area contributed by atoms with Crippen LogP contribution in [-0.4, -0.2) is 111 Å². The van der Waals surface area contributed by atoms with Crippen LogP contribution in [0.25, 0.3) is 10.4 Å². The monoisotopic (exact) mass is 863 g/mol. The first-order valence-corrected chi connectivity index (χ1v) is 20.3. The summed E-state index contributed by atoms with van der Waals surface area (Å²) in [6.45, 7) is 7.54. The number of aliphatic imine (C=N–C) groups is 1. The Bertz CT molecular complexity index is 1600. The number of carbonyl (C=O) groups is 6. The van der Waals surface area contributed by atoms with E-state index in [1.54, 1.807) is 19.1 Å². The summed E-state index contributed by atoms with van der Waals surface area (Å²) in [5.41, 5.74) is 20.5. The summed E-state index contributed by atoms with van der Waals surface area (Å²) >= 11 is 3.29. The molecule has 19 nitrogen and oxygen atoms in total. The first kappa shape index (κ1) is 48.0. The normalized spacial score (nSPS) is 16.8. The predicted molar refractivity (Wildman–Crippen MR) is 217 cm³/mol. The van der Waals surface area contributed by atoms with Crippen LogP contribution in [-0.2, 0) is 35.2 Å². The average molecular weight is 865 g/mol. The van der Waals surface area contributed by atoms with Gasteiger partial charge in [-0.15, -0.1) is 0 Å². The number of aromatic hydroxyl groups is 1. The van der Waals surface area contributed by atoms with Gasteiger partial charge in [-0.3, -0.25) is 29.0 Å². The highest BCUT2D eigenvalue weighted by atomic mass is 79.9. The highest BCUT2D eigenvalue weighted by Gasteiger charge is 2.40. The van der Waals surface area contributed by atoms with Gasteiger partial charge in [0.15, 0.2) is 5.96 Å². The van der Waals surface area contributed by atoms with Gasteiger partial charge in [0.05, 0.1) is 0 Å². The Hall–Kier alpha value is -5.10. The SMILES string of the molecule is CC[C@H](C)[C@@H](NC(=O)[C@@H](Cc1ccc(O)cc1)NC(=O)[C@H]1CCCN1C(=O)[C@@H](CCCN=C(N)N)NC(=O)C(CCCBr)N=[N+]=[N-])C(=O)N[C@H](CC(C)C)C(=O)O. The van der Waals surface area contributed by atoms with Crippen LogP contribution in [0.1, 0.15) is 84.6 Å². The van der Waals surface area contributed by atoms with Crippen LogP contribution in [0.2, 0.25) is 0 Å². The van der Waals surface area contributed by atoms with E-state index in [-0.39, 0.29) is 69.2 Å². The zero-order valence-corrected chi connectivity index (χ0v) is 34.6. The number of nitrogens with zero attached hydrogens (tertiary/aromatic N) is 5. The third-order valence-electron chi connectivity index (χ3n) is 9.63. The molecule has 20 heteroatoms. The van der Waals surface area contributed by atoms with Crippen LogP contribution in [0.5, 0.6) is 5.75 Å². The van der Waals surface area contributed by atoms with Crippen LogP contribution in [0.15, 0.2) is 34.4 Å². The molecule has 1 aliphatic rings. The maximum absolute atomic E-state index is 14.1. The molecule has 57 heavy (non-hydrogen) atoms. The molecule has 1 unspecified atom stereocenters. The summed E-state index contributed by atoms with van der Waals surface area (Å²) in [6.07, 6.45) is 2.40. The number of halogens is 1. The number of nitrogens with one attached hydrogen (secondary N) is 4. The summed E-state index contributed by atoms with van der Waals surface area (Å²) in [5, 5.41) is 34.5. The molecule has 10 N–H and O–H groups in total. The molecular weight excluding hydrogens is 806 g/mol. The Morgan fingerprint density at radius 2 is 1.61 bits per heavy atom. The molecule has 2 rings (SSSR count). The van der Waals surface area contributed by atoms with E-state index in [2.05, 4.69) is 52.2 Å². The van der Waals surface area contributed by atoms with Gasteiger partial charge in [0.25, 0.3) is 0 Å². The Labute approximate surface area is 341 Å². The summed E-state index contributed by atoms with van der Waals surface area (Å²) in [6, 6.07) is -0.835. The maximum atomic E-state index is 14.1. The van der Waals surface area contributed by atoms with Crippen molar-refractivity contribution in [2.75, 3.05) is 18.4 Å². The molecule has 0 aliphatic carbocycles. The quantitative estimate of drug-likeness (QED) is 0.0142. The number of carboxylic acid groups (broad SMARTS) is 1. The number of hydrogen-bond donors (Lipinski definition) is 8. The van der Waals surface area contributed by atoms with Crippen molar-refractivity contribution >= 4 is 57.4 Å². The van der Waals surface area contributed by atoms with Crippen molar-refractivity contribution in [1.82, 2.24) is 26.2 Å². The van der Waals surface area contributed by atoms with Crippen molar-refractivity contribution in [3.05, 3.63) is 40.3 Å². The number of carboxylic acids is 1. The number of likely N-dealkylation sites (tertiary alicyclic amines) is 1. The Morgan fingerprint density at radius 3 is 2.19 bits per heavy atom. The van der Waals surface area contributed by atoms with Gasteiger partial charge >= 0.3 is 5.97 Å². The van der Waals surface area contributed by atoms with Crippen molar-refractivity contribution in [3.63, 3.8) is 0 Å².